The minimum Gasteiger partial charge on any atom is -0.506 e. The molecule has 10 nitrogen and oxygen atoms in total. The predicted octanol–water partition coefficient (Wildman–Crippen LogP) is 2.19. The molecule has 1 saturated heterocycles. The van der Waals surface area contributed by atoms with Gasteiger partial charge >= 0.3 is 17.6 Å². The van der Waals surface area contributed by atoms with E-state index in [4.69, 9.17) is 14.2 Å². The minimum absolute atomic E-state index is 0.0548. The molecule has 0 radical (unpaired) electrons. The zero-order valence-corrected chi connectivity index (χ0v) is 18.0. The molecule has 0 aliphatic carbocycles. The lowest BCUT2D eigenvalue weighted by Gasteiger charge is -2.18. The third kappa shape index (κ3) is 5.20. The summed E-state index contributed by atoms with van der Waals surface area (Å²) in [6.45, 7) is 1.91. The van der Waals surface area contributed by atoms with Crippen LogP contribution in [0, 0.1) is 0 Å². The molecular weight excluding hydrogens is 481 g/mol. The van der Waals surface area contributed by atoms with Crippen molar-refractivity contribution in [3.8, 4) is 5.75 Å². The number of aromatic nitrogens is 2. The number of benzene rings is 1. The number of carbonyl (C=O) groups is 2. The zero-order chi connectivity index (χ0) is 22.7. The summed E-state index contributed by atoms with van der Waals surface area (Å²) in [4.78, 5) is 38.9. The van der Waals surface area contributed by atoms with Crippen LogP contribution in [-0.4, -0.2) is 51.6 Å². The Labute approximate surface area is 184 Å². The highest BCUT2D eigenvalue weighted by atomic mass is 79.9. The highest BCUT2D eigenvalue weighted by Gasteiger charge is 2.49. The highest BCUT2D eigenvalue weighted by molar-refractivity contribution is 9.10. The van der Waals surface area contributed by atoms with Gasteiger partial charge < -0.3 is 24.6 Å². The van der Waals surface area contributed by atoms with E-state index in [9.17, 15) is 19.5 Å². The van der Waals surface area contributed by atoms with Crippen molar-refractivity contribution in [2.75, 3.05) is 11.9 Å². The number of alkyl halides is 1. The molecule has 0 amide bonds. The maximum absolute atomic E-state index is 15.1. The summed E-state index contributed by atoms with van der Waals surface area (Å²) < 4.78 is 31.7. The molecule has 2 heterocycles. The van der Waals surface area contributed by atoms with Gasteiger partial charge in [0.2, 0.25) is 0 Å². The molecule has 2 aromatic rings. The van der Waals surface area contributed by atoms with E-state index in [-0.39, 0.29) is 22.6 Å². The first-order valence-corrected chi connectivity index (χ1v) is 9.90. The van der Waals surface area contributed by atoms with Crippen LogP contribution in [0.2, 0.25) is 0 Å². The maximum Gasteiger partial charge on any atom is 0.351 e. The fourth-order valence-electron chi connectivity index (χ4n) is 3.01. The topological polar surface area (TPSA) is 129 Å². The van der Waals surface area contributed by atoms with Gasteiger partial charge in [0, 0.05) is 20.0 Å². The summed E-state index contributed by atoms with van der Waals surface area (Å²) in [6.07, 6.45) is -4.63. The van der Waals surface area contributed by atoms with E-state index in [0.717, 1.165) is 11.5 Å². The molecule has 0 bridgehead atoms. The Morgan fingerprint density at radius 3 is 2.68 bits per heavy atom. The Morgan fingerprint density at radius 2 is 2.03 bits per heavy atom. The Balaban J connectivity index is 1.88. The van der Waals surface area contributed by atoms with Crippen molar-refractivity contribution >= 4 is 39.4 Å². The van der Waals surface area contributed by atoms with Gasteiger partial charge in [-0.2, -0.15) is 4.98 Å². The number of carbonyl (C=O) groups excluding carboxylic acids is 2. The van der Waals surface area contributed by atoms with Crippen LogP contribution in [0.25, 0.3) is 0 Å². The van der Waals surface area contributed by atoms with Gasteiger partial charge in [0.25, 0.3) is 0 Å². The van der Waals surface area contributed by atoms with Gasteiger partial charge in [-0.1, -0.05) is 12.1 Å². The average molecular weight is 500 g/mol. The second kappa shape index (κ2) is 9.43. The largest absolute Gasteiger partial charge is 0.506 e. The first-order valence-electron chi connectivity index (χ1n) is 9.11. The summed E-state index contributed by atoms with van der Waals surface area (Å²) in [5.74, 6) is -1.34. The van der Waals surface area contributed by atoms with Crippen LogP contribution < -0.4 is 11.0 Å². The van der Waals surface area contributed by atoms with Crippen LogP contribution in [0.5, 0.6) is 5.75 Å². The van der Waals surface area contributed by atoms with Crippen LogP contribution in [0.4, 0.5) is 15.9 Å². The number of esters is 2. The molecule has 4 atom stereocenters. The van der Waals surface area contributed by atoms with Gasteiger partial charge in [-0.25, -0.2) is 9.18 Å². The molecule has 166 valence electrons. The molecule has 12 heteroatoms. The number of halogens is 2. The fourth-order valence-corrected chi connectivity index (χ4v) is 3.41. The Morgan fingerprint density at radius 1 is 1.32 bits per heavy atom. The first kappa shape index (κ1) is 22.7. The third-order valence-electron chi connectivity index (χ3n) is 4.36. The Hall–Kier alpha value is -2.99. The van der Waals surface area contributed by atoms with Gasteiger partial charge in [-0.05, 0) is 28.1 Å². The van der Waals surface area contributed by atoms with E-state index in [1.165, 1.54) is 19.2 Å². The number of phenolic OH excluding ortho intramolecular Hbond substituents is 1. The highest BCUT2D eigenvalue weighted by Crippen LogP contribution is 2.35. The summed E-state index contributed by atoms with van der Waals surface area (Å²) in [5.41, 5.74) is -0.548. The van der Waals surface area contributed by atoms with Crippen LogP contribution in [-0.2, 0) is 23.8 Å². The second-order valence-electron chi connectivity index (χ2n) is 6.66. The second-order valence-corrected chi connectivity index (χ2v) is 7.51. The van der Waals surface area contributed by atoms with Gasteiger partial charge in [-0.3, -0.25) is 14.2 Å². The lowest BCUT2D eigenvalue weighted by atomic mass is 10.1. The molecule has 0 saturated carbocycles. The number of ether oxygens (including phenoxy) is 3. The Kier molecular flexibility index (Phi) is 6.91. The number of nitrogens with one attached hydrogen (secondary N) is 1. The molecule has 1 aromatic carbocycles. The van der Waals surface area contributed by atoms with Gasteiger partial charge in [-0.15, -0.1) is 0 Å². The molecule has 1 aliphatic rings. The van der Waals surface area contributed by atoms with Gasteiger partial charge in [0.15, 0.2) is 24.3 Å². The van der Waals surface area contributed by atoms with Crippen molar-refractivity contribution in [3.05, 3.63) is 45.4 Å². The van der Waals surface area contributed by atoms with Crippen LogP contribution in [0.15, 0.2) is 39.7 Å². The van der Waals surface area contributed by atoms with E-state index >= 15 is 4.39 Å². The average Bonchev–Trinajstić information content (AvgIpc) is 2.99. The Bertz CT molecular complexity index is 1050. The SMILES string of the molecule is CC(=O)OC[C@H]1O[C@@H](n2cc(Br)c(Nc3ccccc3O)nc2=O)[C@@H](F)C1OC(C)=O. The summed E-state index contributed by atoms with van der Waals surface area (Å²) in [5, 5.41) is 12.7. The third-order valence-corrected chi connectivity index (χ3v) is 4.94. The molecule has 1 unspecified atom stereocenters. The van der Waals surface area contributed by atoms with E-state index in [1.54, 1.807) is 18.2 Å². The molecule has 0 spiro atoms. The molecular formula is C19H19BrFN3O7. The smallest absolute Gasteiger partial charge is 0.351 e. The number of rotatable bonds is 6. The summed E-state index contributed by atoms with van der Waals surface area (Å²) in [6, 6.07) is 6.34. The van der Waals surface area contributed by atoms with E-state index < -0.39 is 42.2 Å². The van der Waals surface area contributed by atoms with Crippen molar-refractivity contribution < 1.29 is 33.3 Å². The lowest BCUT2D eigenvalue weighted by Crippen LogP contribution is -2.37. The number of hydrogen-bond acceptors (Lipinski definition) is 9. The van der Waals surface area contributed by atoms with E-state index in [2.05, 4.69) is 26.2 Å². The molecule has 3 rings (SSSR count). The number of nitrogens with zero attached hydrogens (tertiary/aromatic N) is 2. The van der Waals surface area contributed by atoms with Crippen LogP contribution in [0.3, 0.4) is 0 Å². The minimum atomic E-state index is -1.92. The molecule has 2 N–H and O–H groups in total. The van der Waals surface area contributed by atoms with Gasteiger partial charge in [0.1, 0.15) is 18.5 Å². The van der Waals surface area contributed by atoms with Crippen molar-refractivity contribution in [2.24, 2.45) is 0 Å². The summed E-state index contributed by atoms with van der Waals surface area (Å²) >= 11 is 3.25. The number of aromatic hydroxyl groups is 1. The lowest BCUT2D eigenvalue weighted by molar-refractivity contribution is -0.156. The summed E-state index contributed by atoms with van der Waals surface area (Å²) in [7, 11) is 0. The number of anilines is 2. The molecule has 31 heavy (non-hydrogen) atoms. The van der Waals surface area contributed by atoms with Crippen molar-refractivity contribution in [1.29, 1.82) is 0 Å². The maximum atomic E-state index is 15.1. The van der Waals surface area contributed by atoms with Gasteiger partial charge in [0.05, 0.1) is 10.2 Å². The van der Waals surface area contributed by atoms with Crippen molar-refractivity contribution in [2.45, 2.75) is 38.5 Å². The van der Waals surface area contributed by atoms with Crippen LogP contribution >= 0.6 is 15.9 Å². The van der Waals surface area contributed by atoms with Crippen LogP contribution in [0.1, 0.15) is 20.1 Å². The molecule has 1 aliphatic heterocycles. The van der Waals surface area contributed by atoms with E-state index in [1.807, 2.05) is 0 Å². The normalized spacial score (nSPS) is 22.7. The predicted molar refractivity (Wildman–Crippen MR) is 109 cm³/mol. The zero-order valence-electron chi connectivity index (χ0n) is 16.5. The first-order chi connectivity index (χ1) is 14.7. The molecule has 1 aromatic heterocycles. The monoisotopic (exact) mass is 499 g/mol. The van der Waals surface area contributed by atoms with Crippen molar-refractivity contribution in [1.82, 2.24) is 9.55 Å². The fraction of sp³-hybridized carbons (Fsp3) is 0.368. The quantitative estimate of drug-likeness (QED) is 0.453. The molecule has 1 fully saturated rings. The van der Waals surface area contributed by atoms with Crippen molar-refractivity contribution in [3.63, 3.8) is 0 Å². The standard InChI is InChI=1S/C19H19BrFN3O7/c1-9(25)29-8-14-16(30-10(2)26)15(21)18(31-14)24-7-11(20)17(23-19(24)28)22-12-5-3-4-6-13(12)27/h3-7,14-16,18,27H,8H2,1-2H3,(H,22,23,28)/t14-,15+,16?,18-/m1/s1. The number of phenols is 1. The van der Waals surface area contributed by atoms with E-state index in [0.29, 0.717) is 5.69 Å². The number of hydrogen-bond donors (Lipinski definition) is 2. The number of para-hydroxylation sites is 2.